The van der Waals surface area contributed by atoms with Gasteiger partial charge in [-0.25, -0.2) is 0 Å². The fourth-order valence-electron chi connectivity index (χ4n) is 2.87. The lowest BCUT2D eigenvalue weighted by Crippen LogP contribution is -2.17. The Hall–Kier alpha value is -1.89. The predicted molar refractivity (Wildman–Crippen MR) is 85.3 cm³/mol. The van der Waals surface area contributed by atoms with E-state index in [1.807, 2.05) is 12.1 Å². The van der Waals surface area contributed by atoms with Crippen molar-refractivity contribution in [3.63, 3.8) is 0 Å². The molecule has 1 aliphatic rings. The fourth-order valence-corrected chi connectivity index (χ4v) is 3.62. The van der Waals surface area contributed by atoms with E-state index < -0.39 is 0 Å². The van der Waals surface area contributed by atoms with E-state index in [1.54, 1.807) is 12.4 Å². The molecule has 0 unspecified atom stereocenters. The van der Waals surface area contributed by atoms with E-state index in [9.17, 15) is 4.79 Å². The van der Waals surface area contributed by atoms with Crippen molar-refractivity contribution in [1.82, 2.24) is 19.7 Å². The smallest absolute Gasteiger partial charge is 0.227 e. The van der Waals surface area contributed by atoms with Gasteiger partial charge in [0.05, 0.1) is 5.75 Å². The summed E-state index contributed by atoms with van der Waals surface area (Å²) in [4.78, 5) is 15.2. The second kappa shape index (κ2) is 6.91. The number of aromatic nitrogens is 4. The van der Waals surface area contributed by atoms with Crippen LogP contribution in [0.4, 0.5) is 0 Å². The number of nitrogens with zero attached hydrogens (tertiary/aromatic N) is 4. The maximum Gasteiger partial charge on any atom is 0.227 e. The van der Waals surface area contributed by atoms with Gasteiger partial charge in [0.2, 0.25) is 5.91 Å². The Morgan fingerprint density at radius 3 is 2.82 bits per heavy atom. The predicted octanol–water partition coefficient (Wildman–Crippen LogP) is 2.42. The van der Waals surface area contributed by atoms with Gasteiger partial charge in [0, 0.05) is 24.0 Å². The topological polar surface area (TPSA) is 86.7 Å². The van der Waals surface area contributed by atoms with Crippen molar-refractivity contribution in [1.29, 1.82) is 0 Å². The first-order valence-electron chi connectivity index (χ1n) is 7.52. The van der Waals surface area contributed by atoms with Crippen molar-refractivity contribution in [2.24, 2.45) is 5.73 Å². The number of pyridine rings is 1. The van der Waals surface area contributed by atoms with Crippen LogP contribution in [0.2, 0.25) is 0 Å². The van der Waals surface area contributed by atoms with Crippen molar-refractivity contribution >= 4 is 17.7 Å². The first kappa shape index (κ1) is 15.0. The molecule has 116 valence electrons. The number of hydrogen-bond acceptors (Lipinski definition) is 5. The lowest BCUT2D eigenvalue weighted by molar-refractivity contribution is -0.115. The quantitative estimate of drug-likeness (QED) is 0.856. The van der Waals surface area contributed by atoms with Crippen molar-refractivity contribution in [2.45, 2.75) is 43.3 Å². The Kier molecular flexibility index (Phi) is 4.72. The van der Waals surface area contributed by atoms with Gasteiger partial charge in [-0.1, -0.05) is 31.0 Å². The number of hydrogen-bond donors (Lipinski definition) is 1. The van der Waals surface area contributed by atoms with Gasteiger partial charge in [0.15, 0.2) is 11.0 Å². The van der Waals surface area contributed by atoms with Crippen molar-refractivity contribution in [2.75, 3.05) is 5.75 Å². The van der Waals surface area contributed by atoms with E-state index >= 15 is 0 Å². The van der Waals surface area contributed by atoms with Gasteiger partial charge < -0.3 is 5.73 Å². The maximum atomic E-state index is 11.1. The molecule has 7 heteroatoms. The summed E-state index contributed by atoms with van der Waals surface area (Å²) in [6.45, 7) is 0. The highest BCUT2D eigenvalue weighted by molar-refractivity contribution is 7.99. The van der Waals surface area contributed by atoms with Crippen LogP contribution in [0.15, 0.2) is 29.7 Å². The molecule has 1 saturated carbocycles. The molecule has 1 aliphatic carbocycles. The summed E-state index contributed by atoms with van der Waals surface area (Å²) < 4.78 is 2.17. The number of rotatable bonds is 5. The second-order valence-electron chi connectivity index (χ2n) is 5.46. The molecule has 2 aromatic rings. The largest absolute Gasteiger partial charge is 0.369 e. The van der Waals surface area contributed by atoms with Crippen LogP contribution in [0.1, 0.15) is 38.1 Å². The first-order chi connectivity index (χ1) is 10.8. The van der Waals surface area contributed by atoms with Crippen molar-refractivity contribution in [3.8, 4) is 11.4 Å². The van der Waals surface area contributed by atoms with Crippen LogP contribution in [-0.2, 0) is 4.79 Å². The number of primary amides is 1. The lowest BCUT2D eigenvalue weighted by atomic mass is 9.95. The minimum atomic E-state index is -0.342. The Morgan fingerprint density at radius 1 is 1.32 bits per heavy atom. The van der Waals surface area contributed by atoms with Crippen LogP contribution in [-0.4, -0.2) is 31.4 Å². The number of carbonyl (C=O) groups excluding carboxylic acids is 1. The van der Waals surface area contributed by atoms with Crippen LogP contribution in [0.25, 0.3) is 11.4 Å². The van der Waals surface area contributed by atoms with Crippen LogP contribution in [0.3, 0.4) is 0 Å². The number of nitrogens with two attached hydrogens (primary N) is 1. The first-order valence-corrected chi connectivity index (χ1v) is 8.50. The van der Waals surface area contributed by atoms with E-state index in [0.29, 0.717) is 6.04 Å². The van der Waals surface area contributed by atoms with Gasteiger partial charge in [0.25, 0.3) is 0 Å². The Balaban J connectivity index is 1.96. The zero-order valence-electron chi connectivity index (χ0n) is 12.3. The lowest BCUT2D eigenvalue weighted by Gasteiger charge is -2.25. The number of thioether (sulfide) groups is 1. The maximum absolute atomic E-state index is 11.1. The molecule has 2 aromatic heterocycles. The molecule has 0 spiro atoms. The van der Waals surface area contributed by atoms with E-state index in [1.165, 1.54) is 31.0 Å². The van der Waals surface area contributed by atoms with Crippen LogP contribution < -0.4 is 5.73 Å². The molecule has 0 bridgehead atoms. The summed E-state index contributed by atoms with van der Waals surface area (Å²) in [7, 11) is 0. The summed E-state index contributed by atoms with van der Waals surface area (Å²) in [5.41, 5.74) is 6.21. The summed E-state index contributed by atoms with van der Waals surface area (Å²) in [5.74, 6) is 0.704. The third-order valence-electron chi connectivity index (χ3n) is 3.87. The average molecular weight is 317 g/mol. The van der Waals surface area contributed by atoms with Crippen LogP contribution in [0, 0.1) is 0 Å². The molecule has 3 rings (SSSR count). The zero-order chi connectivity index (χ0) is 15.4. The van der Waals surface area contributed by atoms with Gasteiger partial charge >= 0.3 is 0 Å². The van der Waals surface area contributed by atoms with Crippen molar-refractivity contribution in [3.05, 3.63) is 24.5 Å². The molecule has 1 fully saturated rings. The highest BCUT2D eigenvalue weighted by Gasteiger charge is 2.24. The van der Waals surface area contributed by atoms with E-state index in [-0.39, 0.29) is 11.7 Å². The van der Waals surface area contributed by atoms with E-state index in [4.69, 9.17) is 5.73 Å². The molecule has 22 heavy (non-hydrogen) atoms. The minimum Gasteiger partial charge on any atom is -0.369 e. The van der Waals surface area contributed by atoms with Gasteiger partial charge in [-0.2, -0.15) is 0 Å². The van der Waals surface area contributed by atoms with Gasteiger partial charge in [-0.05, 0) is 25.0 Å². The Morgan fingerprint density at radius 2 is 2.14 bits per heavy atom. The molecule has 1 amide bonds. The highest BCUT2D eigenvalue weighted by Crippen LogP contribution is 2.35. The molecular weight excluding hydrogens is 298 g/mol. The van der Waals surface area contributed by atoms with E-state index in [2.05, 4.69) is 19.7 Å². The SMILES string of the molecule is NC(=O)CSc1nnc(-c2cccnc2)n1C1CCCCC1. The van der Waals surface area contributed by atoms with Crippen molar-refractivity contribution < 1.29 is 4.79 Å². The fraction of sp³-hybridized carbons (Fsp3) is 0.467. The summed E-state index contributed by atoms with van der Waals surface area (Å²) in [6.07, 6.45) is 9.50. The zero-order valence-corrected chi connectivity index (χ0v) is 13.1. The molecular formula is C15H19N5OS. The second-order valence-corrected chi connectivity index (χ2v) is 6.41. The van der Waals surface area contributed by atoms with Crippen LogP contribution >= 0.6 is 11.8 Å². The normalized spacial score (nSPS) is 15.8. The third kappa shape index (κ3) is 3.30. The molecule has 0 radical (unpaired) electrons. The molecule has 2 heterocycles. The highest BCUT2D eigenvalue weighted by atomic mass is 32.2. The molecule has 0 aliphatic heterocycles. The van der Waals surface area contributed by atoms with E-state index in [0.717, 1.165) is 29.4 Å². The third-order valence-corrected chi connectivity index (χ3v) is 4.83. The Bertz CT molecular complexity index is 637. The summed E-state index contributed by atoms with van der Waals surface area (Å²) in [6, 6.07) is 4.26. The number of carbonyl (C=O) groups is 1. The molecule has 2 N–H and O–H groups in total. The number of amides is 1. The standard InChI is InChI=1S/C15H19N5OS/c16-13(21)10-22-15-19-18-14(11-5-4-8-17-9-11)20(15)12-6-2-1-3-7-12/h4-5,8-9,12H,1-3,6-7,10H2,(H2,16,21). The monoisotopic (exact) mass is 317 g/mol. The molecule has 6 nitrogen and oxygen atoms in total. The average Bonchev–Trinajstić information content (AvgIpc) is 2.98. The molecule has 0 saturated heterocycles. The summed E-state index contributed by atoms with van der Waals surface area (Å²) in [5, 5.41) is 9.39. The van der Waals surface area contributed by atoms with Gasteiger partial charge in [0.1, 0.15) is 0 Å². The minimum absolute atomic E-state index is 0.220. The van der Waals surface area contributed by atoms with Gasteiger partial charge in [-0.15, -0.1) is 10.2 Å². The molecule has 0 aromatic carbocycles. The van der Waals surface area contributed by atoms with Gasteiger partial charge in [-0.3, -0.25) is 14.3 Å². The Labute approximate surface area is 133 Å². The molecule has 0 atom stereocenters. The van der Waals surface area contributed by atoms with Crippen LogP contribution in [0.5, 0.6) is 0 Å². The summed E-state index contributed by atoms with van der Waals surface area (Å²) >= 11 is 1.36.